The lowest BCUT2D eigenvalue weighted by Crippen LogP contribution is -2.28. The van der Waals surface area contributed by atoms with E-state index in [-0.39, 0.29) is 11.7 Å². The Morgan fingerprint density at radius 3 is 2.74 bits per heavy atom. The first-order valence-corrected chi connectivity index (χ1v) is 10.3. The van der Waals surface area contributed by atoms with Gasteiger partial charge in [-0.25, -0.2) is 4.39 Å². The first kappa shape index (κ1) is 20.7. The van der Waals surface area contributed by atoms with Gasteiger partial charge in [-0.2, -0.15) is 5.10 Å². The van der Waals surface area contributed by atoms with Crippen LogP contribution in [-0.2, 0) is 6.42 Å². The standard InChI is InChI=1S/C25H25FN4O/c1-16-9-10-23-21(12-16)22(13-17(2)27-23)25(31)30(3)11-5-8-20-15-24(29-28-20)18-6-4-7-19(26)14-18/h4,6-7,9-10,12-15H,5,8,11H2,1-3H3,(H,28,29). The lowest BCUT2D eigenvalue weighted by molar-refractivity contribution is 0.0795. The summed E-state index contributed by atoms with van der Waals surface area (Å²) in [6, 6.07) is 16.2. The molecule has 0 bridgehead atoms. The van der Waals surface area contributed by atoms with E-state index in [1.807, 2.05) is 57.3 Å². The van der Waals surface area contributed by atoms with E-state index in [0.29, 0.717) is 17.8 Å². The number of benzene rings is 2. The zero-order chi connectivity index (χ0) is 22.0. The number of amides is 1. The number of carbonyl (C=O) groups excluding carboxylic acids is 1. The maximum absolute atomic E-state index is 13.4. The predicted octanol–water partition coefficient (Wildman–Crippen LogP) is 5.09. The van der Waals surface area contributed by atoms with Crippen molar-refractivity contribution >= 4 is 16.8 Å². The number of aromatic amines is 1. The molecule has 0 saturated carbocycles. The molecule has 2 aromatic carbocycles. The fourth-order valence-corrected chi connectivity index (χ4v) is 3.75. The van der Waals surface area contributed by atoms with Crippen molar-refractivity contribution < 1.29 is 9.18 Å². The Hall–Kier alpha value is -3.54. The topological polar surface area (TPSA) is 61.9 Å². The van der Waals surface area contributed by atoms with E-state index < -0.39 is 0 Å². The molecule has 158 valence electrons. The number of hydrogen-bond donors (Lipinski definition) is 1. The van der Waals surface area contributed by atoms with Crippen molar-refractivity contribution in [2.24, 2.45) is 0 Å². The molecule has 0 fully saturated rings. The summed E-state index contributed by atoms with van der Waals surface area (Å²) < 4.78 is 13.4. The van der Waals surface area contributed by atoms with Gasteiger partial charge in [-0.3, -0.25) is 14.9 Å². The number of carbonyl (C=O) groups is 1. The van der Waals surface area contributed by atoms with E-state index in [1.165, 1.54) is 12.1 Å². The average molecular weight is 417 g/mol. The average Bonchev–Trinajstić information content (AvgIpc) is 3.22. The van der Waals surface area contributed by atoms with E-state index in [1.54, 1.807) is 11.0 Å². The molecule has 0 saturated heterocycles. The molecule has 31 heavy (non-hydrogen) atoms. The quantitative estimate of drug-likeness (QED) is 0.476. The lowest BCUT2D eigenvalue weighted by Gasteiger charge is -2.18. The fourth-order valence-electron chi connectivity index (χ4n) is 3.75. The van der Waals surface area contributed by atoms with Crippen LogP contribution in [0.5, 0.6) is 0 Å². The zero-order valence-corrected chi connectivity index (χ0v) is 17.9. The van der Waals surface area contributed by atoms with Crippen LogP contribution in [0.3, 0.4) is 0 Å². The van der Waals surface area contributed by atoms with Gasteiger partial charge >= 0.3 is 0 Å². The molecule has 4 rings (SSSR count). The molecule has 1 amide bonds. The Morgan fingerprint density at radius 1 is 1.10 bits per heavy atom. The van der Waals surface area contributed by atoms with Gasteiger partial charge in [0.1, 0.15) is 5.82 Å². The van der Waals surface area contributed by atoms with Crippen molar-refractivity contribution in [2.75, 3.05) is 13.6 Å². The van der Waals surface area contributed by atoms with Crippen LogP contribution in [0.4, 0.5) is 4.39 Å². The molecule has 0 unspecified atom stereocenters. The minimum atomic E-state index is -0.281. The molecule has 1 N–H and O–H groups in total. The smallest absolute Gasteiger partial charge is 0.254 e. The van der Waals surface area contributed by atoms with Crippen molar-refractivity contribution in [2.45, 2.75) is 26.7 Å². The summed E-state index contributed by atoms with van der Waals surface area (Å²) in [5.41, 5.74) is 5.87. The number of fused-ring (bicyclic) bond motifs is 1. The summed E-state index contributed by atoms with van der Waals surface area (Å²) in [5.74, 6) is -0.289. The number of H-pyrrole nitrogens is 1. The number of nitrogens with one attached hydrogen (secondary N) is 1. The van der Waals surface area contributed by atoms with Gasteiger partial charge in [0.15, 0.2) is 0 Å². The van der Waals surface area contributed by atoms with Crippen LogP contribution < -0.4 is 0 Å². The number of pyridine rings is 1. The van der Waals surface area contributed by atoms with Gasteiger partial charge in [0, 0.05) is 35.9 Å². The van der Waals surface area contributed by atoms with Crippen LogP contribution in [0.1, 0.15) is 33.7 Å². The van der Waals surface area contributed by atoms with E-state index in [9.17, 15) is 9.18 Å². The molecule has 2 heterocycles. The highest BCUT2D eigenvalue weighted by Crippen LogP contribution is 2.22. The summed E-state index contributed by atoms with van der Waals surface area (Å²) in [5, 5.41) is 8.18. The fraction of sp³-hybridized carbons (Fsp3) is 0.240. The summed E-state index contributed by atoms with van der Waals surface area (Å²) in [4.78, 5) is 19.4. The van der Waals surface area contributed by atoms with Gasteiger partial charge < -0.3 is 4.90 Å². The molecule has 6 heteroatoms. The second-order valence-electron chi connectivity index (χ2n) is 7.95. The number of aryl methyl sites for hydroxylation is 3. The molecule has 0 atom stereocenters. The van der Waals surface area contributed by atoms with E-state index in [4.69, 9.17) is 0 Å². The molecule has 4 aromatic rings. The van der Waals surface area contributed by atoms with Gasteiger partial charge in [0.2, 0.25) is 0 Å². The van der Waals surface area contributed by atoms with Crippen molar-refractivity contribution in [1.29, 1.82) is 0 Å². The van der Waals surface area contributed by atoms with Crippen LogP contribution in [0.15, 0.2) is 54.6 Å². The maximum Gasteiger partial charge on any atom is 0.254 e. The summed E-state index contributed by atoms with van der Waals surface area (Å²) in [7, 11) is 1.82. The molecule has 0 aliphatic carbocycles. The first-order chi connectivity index (χ1) is 14.9. The highest BCUT2D eigenvalue weighted by Gasteiger charge is 2.16. The molecule has 2 aromatic heterocycles. The van der Waals surface area contributed by atoms with Crippen molar-refractivity contribution in [3.05, 3.63) is 82.9 Å². The molecule has 0 aliphatic rings. The number of hydrogen-bond acceptors (Lipinski definition) is 3. The monoisotopic (exact) mass is 416 g/mol. The number of halogens is 1. The van der Waals surface area contributed by atoms with Crippen LogP contribution in [-0.4, -0.2) is 39.6 Å². The highest BCUT2D eigenvalue weighted by atomic mass is 19.1. The first-order valence-electron chi connectivity index (χ1n) is 10.3. The minimum absolute atomic E-state index is 0.00818. The van der Waals surface area contributed by atoms with Crippen LogP contribution in [0.25, 0.3) is 22.2 Å². The Labute approximate surface area is 180 Å². The van der Waals surface area contributed by atoms with E-state index in [0.717, 1.165) is 46.3 Å². The van der Waals surface area contributed by atoms with Crippen LogP contribution in [0.2, 0.25) is 0 Å². The third kappa shape index (κ3) is 4.63. The maximum atomic E-state index is 13.4. The number of nitrogens with zero attached hydrogens (tertiary/aromatic N) is 3. The number of rotatable bonds is 6. The molecule has 0 radical (unpaired) electrons. The molecule has 5 nitrogen and oxygen atoms in total. The third-order valence-electron chi connectivity index (χ3n) is 5.36. The molecular weight excluding hydrogens is 391 g/mol. The highest BCUT2D eigenvalue weighted by molar-refractivity contribution is 6.06. The minimum Gasteiger partial charge on any atom is -0.342 e. The largest absolute Gasteiger partial charge is 0.342 e. The molecule has 0 aliphatic heterocycles. The van der Waals surface area contributed by atoms with Gasteiger partial charge in [-0.1, -0.05) is 23.8 Å². The second kappa shape index (κ2) is 8.68. The van der Waals surface area contributed by atoms with Crippen molar-refractivity contribution in [1.82, 2.24) is 20.1 Å². The Kier molecular flexibility index (Phi) is 5.80. The van der Waals surface area contributed by atoms with Gasteiger partial charge in [0.25, 0.3) is 5.91 Å². The van der Waals surface area contributed by atoms with Gasteiger partial charge in [-0.05, 0) is 63.1 Å². The van der Waals surface area contributed by atoms with Gasteiger partial charge in [-0.15, -0.1) is 0 Å². The zero-order valence-electron chi connectivity index (χ0n) is 17.9. The van der Waals surface area contributed by atoms with Crippen molar-refractivity contribution in [3.8, 4) is 11.3 Å². The van der Waals surface area contributed by atoms with E-state index >= 15 is 0 Å². The van der Waals surface area contributed by atoms with Crippen molar-refractivity contribution in [3.63, 3.8) is 0 Å². The Bertz CT molecular complexity index is 1250. The Balaban J connectivity index is 1.42. The SMILES string of the molecule is Cc1ccc2nc(C)cc(C(=O)N(C)CCCc3cc(-c4cccc(F)c4)n[nH]3)c2c1. The molecular formula is C25H25FN4O. The third-order valence-corrected chi connectivity index (χ3v) is 5.36. The van der Waals surface area contributed by atoms with Crippen LogP contribution in [0, 0.1) is 19.7 Å². The lowest BCUT2D eigenvalue weighted by atomic mass is 10.0. The number of aromatic nitrogens is 3. The normalized spacial score (nSPS) is 11.1. The van der Waals surface area contributed by atoms with E-state index in [2.05, 4.69) is 15.2 Å². The Morgan fingerprint density at radius 2 is 1.94 bits per heavy atom. The second-order valence-corrected chi connectivity index (χ2v) is 7.95. The predicted molar refractivity (Wildman–Crippen MR) is 120 cm³/mol. The summed E-state index contributed by atoms with van der Waals surface area (Å²) >= 11 is 0. The van der Waals surface area contributed by atoms with Crippen LogP contribution >= 0.6 is 0 Å². The summed E-state index contributed by atoms with van der Waals surface area (Å²) in [6.45, 7) is 4.53. The summed E-state index contributed by atoms with van der Waals surface area (Å²) in [6.07, 6.45) is 1.53. The van der Waals surface area contributed by atoms with Gasteiger partial charge in [0.05, 0.1) is 16.8 Å². The molecule has 0 spiro atoms.